The maximum Gasteiger partial charge on any atom is 0.222 e. The van der Waals surface area contributed by atoms with E-state index >= 15 is 0 Å². The molecule has 1 aliphatic rings. The van der Waals surface area contributed by atoms with Crippen molar-refractivity contribution in [1.82, 2.24) is 20.1 Å². The number of carbonyl (C=O) groups is 1. The van der Waals surface area contributed by atoms with Crippen molar-refractivity contribution in [2.75, 3.05) is 13.1 Å². The zero-order chi connectivity index (χ0) is 15.4. The Labute approximate surface area is 130 Å². The fourth-order valence-electron chi connectivity index (χ4n) is 2.99. The van der Waals surface area contributed by atoms with Gasteiger partial charge in [-0.1, -0.05) is 37.3 Å². The van der Waals surface area contributed by atoms with Crippen LogP contribution in [0.3, 0.4) is 0 Å². The first kappa shape index (κ1) is 14.8. The molecular formula is C17H22N4O. The first-order valence-electron chi connectivity index (χ1n) is 8.00. The molecule has 3 rings (SSSR count). The molecular weight excluding hydrogens is 276 g/mol. The van der Waals surface area contributed by atoms with Gasteiger partial charge >= 0.3 is 0 Å². The quantitative estimate of drug-likeness (QED) is 0.944. The third-order valence-electron chi connectivity index (χ3n) is 4.32. The molecule has 1 aromatic heterocycles. The number of H-pyrrole nitrogens is 1. The lowest BCUT2D eigenvalue weighted by Crippen LogP contribution is -2.38. The maximum atomic E-state index is 11.7. The zero-order valence-corrected chi connectivity index (χ0v) is 13.0. The number of benzene rings is 1. The molecule has 0 saturated carbocycles. The van der Waals surface area contributed by atoms with E-state index in [1.165, 1.54) is 0 Å². The number of aromatic nitrogens is 3. The van der Waals surface area contributed by atoms with Gasteiger partial charge in [0.05, 0.1) is 0 Å². The van der Waals surface area contributed by atoms with Crippen molar-refractivity contribution in [2.24, 2.45) is 5.92 Å². The Morgan fingerprint density at radius 2 is 2.00 bits per heavy atom. The highest BCUT2D eigenvalue weighted by Gasteiger charge is 2.22. The number of nitrogens with one attached hydrogen (secondary N) is 1. The molecule has 1 aliphatic heterocycles. The van der Waals surface area contributed by atoms with Crippen molar-refractivity contribution < 1.29 is 4.79 Å². The van der Waals surface area contributed by atoms with Gasteiger partial charge in [-0.15, -0.1) is 0 Å². The molecule has 0 spiro atoms. The van der Waals surface area contributed by atoms with E-state index in [0.29, 0.717) is 12.3 Å². The molecule has 0 unspecified atom stereocenters. The van der Waals surface area contributed by atoms with Crippen LogP contribution in [0.5, 0.6) is 0 Å². The Bertz CT molecular complexity index is 615. The van der Waals surface area contributed by atoms with Crippen molar-refractivity contribution >= 4 is 5.91 Å². The fourth-order valence-corrected chi connectivity index (χ4v) is 2.99. The van der Waals surface area contributed by atoms with Crippen molar-refractivity contribution in [3.8, 4) is 11.4 Å². The average molecular weight is 298 g/mol. The molecule has 0 aliphatic carbocycles. The highest BCUT2D eigenvalue weighted by molar-refractivity contribution is 5.75. The van der Waals surface area contributed by atoms with Crippen LogP contribution >= 0.6 is 0 Å². The van der Waals surface area contributed by atoms with Crippen molar-refractivity contribution in [2.45, 2.75) is 32.6 Å². The summed E-state index contributed by atoms with van der Waals surface area (Å²) in [6, 6.07) is 10.0. The van der Waals surface area contributed by atoms with Gasteiger partial charge in [0.1, 0.15) is 5.82 Å². The van der Waals surface area contributed by atoms with E-state index in [-0.39, 0.29) is 5.91 Å². The van der Waals surface area contributed by atoms with Gasteiger partial charge in [-0.25, -0.2) is 4.98 Å². The second-order valence-electron chi connectivity index (χ2n) is 5.85. The molecule has 0 atom stereocenters. The van der Waals surface area contributed by atoms with E-state index in [1.54, 1.807) is 0 Å². The van der Waals surface area contributed by atoms with Crippen LogP contribution in [0.2, 0.25) is 0 Å². The second kappa shape index (κ2) is 6.73. The van der Waals surface area contributed by atoms with Crippen LogP contribution < -0.4 is 0 Å². The van der Waals surface area contributed by atoms with Gasteiger partial charge in [-0.2, -0.15) is 5.10 Å². The number of nitrogens with zero attached hydrogens (tertiary/aromatic N) is 3. The lowest BCUT2D eigenvalue weighted by molar-refractivity contribution is -0.132. The first-order chi connectivity index (χ1) is 10.8. The number of amides is 1. The summed E-state index contributed by atoms with van der Waals surface area (Å²) in [7, 11) is 0. The summed E-state index contributed by atoms with van der Waals surface area (Å²) >= 11 is 0. The lowest BCUT2D eigenvalue weighted by atomic mass is 9.93. The predicted molar refractivity (Wildman–Crippen MR) is 85.1 cm³/mol. The van der Waals surface area contributed by atoms with E-state index in [9.17, 15) is 4.79 Å². The minimum atomic E-state index is 0.268. The summed E-state index contributed by atoms with van der Waals surface area (Å²) in [6.45, 7) is 3.67. The Morgan fingerprint density at radius 3 is 2.68 bits per heavy atom. The SMILES string of the molecule is CCC(=O)N1CCC(Cc2nc(-c3ccccc3)n[nH]2)CC1. The van der Waals surface area contributed by atoms with E-state index in [0.717, 1.165) is 49.6 Å². The minimum Gasteiger partial charge on any atom is -0.343 e. The molecule has 1 aromatic carbocycles. The largest absolute Gasteiger partial charge is 0.343 e. The van der Waals surface area contributed by atoms with Gasteiger partial charge < -0.3 is 4.90 Å². The van der Waals surface area contributed by atoms with Gasteiger partial charge in [0, 0.05) is 31.5 Å². The smallest absolute Gasteiger partial charge is 0.222 e. The molecule has 0 radical (unpaired) electrons. The summed E-state index contributed by atoms with van der Waals surface area (Å²) in [5.74, 6) is 2.55. The Hall–Kier alpha value is -2.17. The third-order valence-corrected chi connectivity index (χ3v) is 4.32. The number of hydrogen-bond donors (Lipinski definition) is 1. The van der Waals surface area contributed by atoms with Crippen molar-refractivity contribution in [3.63, 3.8) is 0 Å². The zero-order valence-electron chi connectivity index (χ0n) is 13.0. The van der Waals surface area contributed by atoms with Crippen LogP contribution in [0.1, 0.15) is 32.0 Å². The highest BCUT2D eigenvalue weighted by Crippen LogP contribution is 2.22. The second-order valence-corrected chi connectivity index (χ2v) is 5.85. The van der Waals surface area contributed by atoms with Gasteiger partial charge in [-0.3, -0.25) is 9.89 Å². The minimum absolute atomic E-state index is 0.268. The summed E-state index contributed by atoms with van der Waals surface area (Å²) in [5.41, 5.74) is 1.04. The van der Waals surface area contributed by atoms with Crippen LogP contribution in [-0.2, 0) is 11.2 Å². The predicted octanol–water partition coefficient (Wildman–Crippen LogP) is 2.66. The van der Waals surface area contributed by atoms with E-state index in [2.05, 4.69) is 15.2 Å². The summed E-state index contributed by atoms with van der Waals surface area (Å²) < 4.78 is 0. The number of carbonyl (C=O) groups excluding carboxylic acids is 1. The number of aromatic amines is 1. The van der Waals surface area contributed by atoms with Gasteiger partial charge in [-0.05, 0) is 18.8 Å². The average Bonchev–Trinajstić information content (AvgIpc) is 3.04. The Kier molecular flexibility index (Phi) is 4.51. The monoisotopic (exact) mass is 298 g/mol. The molecule has 2 aromatic rings. The maximum absolute atomic E-state index is 11.7. The normalized spacial score (nSPS) is 16.0. The van der Waals surface area contributed by atoms with E-state index < -0.39 is 0 Å². The molecule has 116 valence electrons. The lowest BCUT2D eigenvalue weighted by Gasteiger charge is -2.31. The number of piperidine rings is 1. The van der Waals surface area contributed by atoms with Crippen LogP contribution in [0.15, 0.2) is 30.3 Å². The van der Waals surface area contributed by atoms with Gasteiger partial charge in [0.15, 0.2) is 5.82 Å². The molecule has 1 amide bonds. The van der Waals surface area contributed by atoms with Crippen LogP contribution in [0, 0.1) is 5.92 Å². The molecule has 1 fully saturated rings. The fraction of sp³-hybridized carbons (Fsp3) is 0.471. The third kappa shape index (κ3) is 3.35. The van der Waals surface area contributed by atoms with Crippen molar-refractivity contribution in [1.29, 1.82) is 0 Å². The van der Waals surface area contributed by atoms with E-state index in [1.807, 2.05) is 42.2 Å². The van der Waals surface area contributed by atoms with Crippen LogP contribution in [-0.4, -0.2) is 39.1 Å². The summed E-state index contributed by atoms with van der Waals surface area (Å²) in [5, 5.41) is 7.36. The Morgan fingerprint density at radius 1 is 1.27 bits per heavy atom. The number of likely N-dealkylation sites (tertiary alicyclic amines) is 1. The number of rotatable bonds is 4. The standard InChI is InChI=1S/C17H22N4O/c1-2-16(22)21-10-8-13(9-11-21)12-15-18-17(20-19-15)14-6-4-3-5-7-14/h3-7,13H,2,8-12H2,1H3,(H,18,19,20). The Balaban J connectivity index is 1.57. The molecule has 5 nitrogen and oxygen atoms in total. The summed E-state index contributed by atoms with van der Waals surface area (Å²) in [6.07, 6.45) is 3.61. The molecule has 22 heavy (non-hydrogen) atoms. The molecule has 2 heterocycles. The summed E-state index contributed by atoms with van der Waals surface area (Å²) in [4.78, 5) is 18.3. The molecule has 1 saturated heterocycles. The molecule has 5 heteroatoms. The molecule has 0 bridgehead atoms. The molecule has 1 N–H and O–H groups in total. The topological polar surface area (TPSA) is 61.9 Å². The highest BCUT2D eigenvalue weighted by atomic mass is 16.2. The van der Waals surface area contributed by atoms with Crippen molar-refractivity contribution in [3.05, 3.63) is 36.2 Å². The first-order valence-corrected chi connectivity index (χ1v) is 8.00. The van der Waals surface area contributed by atoms with Crippen LogP contribution in [0.25, 0.3) is 11.4 Å². The number of hydrogen-bond acceptors (Lipinski definition) is 3. The van der Waals surface area contributed by atoms with Gasteiger partial charge in [0.25, 0.3) is 0 Å². The van der Waals surface area contributed by atoms with E-state index in [4.69, 9.17) is 0 Å². The van der Waals surface area contributed by atoms with Gasteiger partial charge in [0.2, 0.25) is 5.91 Å². The van der Waals surface area contributed by atoms with Crippen LogP contribution in [0.4, 0.5) is 0 Å².